The number of fused-ring (bicyclic) bond motifs is 1. The third kappa shape index (κ3) is 4.92. The Bertz CT molecular complexity index is 1010. The van der Waals surface area contributed by atoms with Crippen LogP contribution in [0.25, 0.3) is 11.0 Å². The van der Waals surface area contributed by atoms with E-state index in [1.54, 1.807) is 0 Å². The average Bonchev–Trinajstić information content (AvgIpc) is 3.17. The van der Waals surface area contributed by atoms with Gasteiger partial charge < -0.3 is 14.8 Å². The van der Waals surface area contributed by atoms with Crippen LogP contribution in [0.3, 0.4) is 0 Å². The molecule has 0 aliphatic carbocycles. The highest BCUT2D eigenvalue weighted by Crippen LogP contribution is 2.28. The van der Waals surface area contributed by atoms with Gasteiger partial charge in [0.2, 0.25) is 11.9 Å². The summed E-state index contributed by atoms with van der Waals surface area (Å²) in [6, 6.07) is 18.5. The van der Waals surface area contributed by atoms with Gasteiger partial charge in [-0.25, -0.2) is 4.98 Å². The summed E-state index contributed by atoms with van der Waals surface area (Å²) in [5, 5.41) is 3.23. The summed E-state index contributed by atoms with van der Waals surface area (Å²) in [5.41, 5.74) is 3.35. The molecule has 4 rings (SSSR count). The van der Waals surface area contributed by atoms with Crippen molar-refractivity contribution in [3.8, 4) is 0 Å². The van der Waals surface area contributed by atoms with Crippen molar-refractivity contribution in [2.75, 3.05) is 18.0 Å². The van der Waals surface area contributed by atoms with E-state index in [1.165, 1.54) is 5.52 Å². The van der Waals surface area contributed by atoms with Crippen LogP contribution < -0.4 is 10.2 Å². The molecule has 3 aromatic rings. The highest BCUT2D eigenvalue weighted by Gasteiger charge is 2.29. The molecule has 2 aromatic carbocycles. The number of hydrogen-bond donors (Lipinski definition) is 1. The maximum atomic E-state index is 13.1. The van der Waals surface area contributed by atoms with Crippen molar-refractivity contribution in [2.45, 2.75) is 52.6 Å². The second-order valence-electron chi connectivity index (χ2n) is 9.16. The van der Waals surface area contributed by atoms with E-state index in [1.807, 2.05) is 24.3 Å². The fourth-order valence-corrected chi connectivity index (χ4v) is 4.44. The lowest BCUT2D eigenvalue weighted by Gasteiger charge is -2.33. The van der Waals surface area contributed by atoms with Crippen LogP contribution in [0.15, 0.2) is 54.6 Å². The number of amides is 1. The fraction of sp³-hybridized carbons (Fsp3) is 0.462. The molecule has 164 valence electrons. The van der Waals surface area contributed by atoms with E-state index in [2.05, 4.69) is 65.9 Å². The average molecular weight is 419 g/mol. The molecule has 5 nitrogen and oxygen atoms in total. The lowest BCUT2D eigenvalue weighted by atomic mass is 9.96. The number of nitrogens with zero attached hydrogens (tertiary/aromatic N) is 3. The van der Waals surface area contributed by atoms with Crippen LogP contribution in [0.1, 0.15) is 51.6 Å². The number of aromatic nitrogens is 2. The van der Waals surface area contributed by atoms with Crippen LogP contribution in [-0.2, 0) is 11.3 Å². The van der Waals surface area contributed by atoms with E-state index in [0.717, 1.165) is 55.9 Å². The number of para-hydroxylation sites is 2. The quantitative estimate of drug-likeness (QED) is 0.575. The van der Waals surface area contributed by atoms with Crippen molar-refractivity contribution in [3.63, 3.8) is 0 Å². The van der Waals surface area contributed by atoms with Gasteiger partial charge >= 0.3 is 0 Å². The van der Waals surface area contributed by atoms with Crippen molar-refractivity contribution in [3.05, 3.63) is 60.2 Å². The molecule has 5 heteroatoms. The first kappa shape index (κ1) is 21.4. The zero-order valence-corrected chi connectivity index (χ0v) is 18.9. The lowest BCUT2D eigenvalue weighted by molar-refractivity contribution is -0.125. The van der Waals surface area contributed by atoms with Gasteiger partial charge in [0.05, 0.1) is 23.0 Å². The Kier molecular flexibility index (Phi) is 6.59. The number of imidazole rings is 1. The van der Waals surface area contributed by atoms with E-state index in [0.29, 0.717) is 5.92 Å². The monoisotopic (exact) mass is 418 g/mol. The minimum atomic E-state index is -0.0155. The van der Waals surface area contributed by atoms with Crippen molar-refractivity contribution < 1.29 is 4.79 Å². The zero-order valence-electron chi connectivity index (χ0n) is 18.9. The van der Waals surface area contributed by atoms with Gasteiger partial charge in [-0.1, -0.05) is 56.3 Å². The molecule has 1 N–H and O–H groups in total. The predicted octanol–water partition coefficient (Wildman–Crippen LogP) is 5.18. The maximum absolute atomic E-state index is 13.1. The molecule has 2 heterocycles. The van der Waals surface area contributed by atoms with Crippen LogP contribution in [0.2, 0.25) is 0 Å². The van der Waals surface area contributed by atoms with Crippen LogP contribution in [0.5, 0.6) is 0 Å². The smallest absolute Gasteiger partial charge is 0.225 e. The van der Waals surface area contributed by atoms with Crippen molar-refractivity contribution in [1.29, 1.82) is 0 Å². The van der Waals surface area contributed by atoms with Gasteiger partial charge in [-0.3, -0.25) is 4.79 Å². The molecule has 1 fully saturated rings. The minimum absolute atomic E-state index is 0.0136. The summed E-state index contributed by atoms with van der Waals surface area (Å²) >= 11 is 0. The Labute approximate surface area is 185 Å². The Morgan fingerprint density at radius 3 is 2.61 bits per heavy atom. The summed E-state index contributed by atoms with van der Waals surface area (Å²) in [6.07, 6.45) is 3.04. The Morgan fingerprint density at radius 2 is 1.84 bits per heavy atom. The molecule has 0 bridgehead atoms. The summed E-state index contributed by atoms with van der Waals surface area (Å²) in [6.45, 7) is 9.19. The summed E-state index contributed by atoms with van der Waals surface area (Å²) in [4.78, 5) is 20.4. The number of rotatable bonds is 7. The molecular weight excluding hydrogens is 384 g/mol. The van der Waals surface area contributed by atoms with Crippen molar-refractivity contribution in [2.24, 2.45) is 11.8 Å². The largest absolute Gasteiger partial charge is 0.349 e. The molecule has 1 saturated heterocycles. The van der Waals surface area contributed by atoms with Gasteiger partial charge in [0, 0.05) is 19.6 Å². The van der Waals surface area contributed by atoms with Crippen molar-refractivity contribution in [1.82, 2.24) is 14.9 Å². The minimum Gasteiger partial charge on any atom is -0.349 e. The topological polar surface area (TPSA) is 50.2 Å². The second-order valence-corrected chi connectivity index (χ2v) is 9.16. The molecule has 31 heavy (non-hydrogen) atoms. The van der Waals surface area contributed by atoms with Gasteiger partial charge in [-0.05, 0) is 49.8 Å². The Hall–Kier alpha value is -2.82. The zero-order chi connectivity index (χ0) is 21.8. The van der Waals surface area contributed by atoms with Crippen LogP contribution in [0.4, 0.5) is 5.95 Å². The third-order valence-corrected chi connectivity index (χ3v) is 6.30. The molecule has 0 unspecified atom stereocenters. The summed E-state index contributed by atoms with van der Waals surface area (Å²) < 4.78 is 2.35. The molecule has 1 amide bonds. The number of anilines is 1. The normalized spacial score (nSPS) is 17.8. The molecule has 0 spiro atoms. The number of benzene rings is 2. The first-order valence-electron chi connectivity index (χ1n) is 11.6. The van der Waals surface area contributed by atoms with E-state index in [4.69, 9.17) is 4.98 Å². The number of nitrogens with one attached hydrogen (secondary N) is 1. The molecule has 1 aliphatic heterocycles. The van der Waals surface area contributed by atoms with E-state index in [9.17, 15) is 4.79 Å². The maximum Gasteiger partial charge on any atom is 0.225 e. The number of piperidine rings is 1. The molecule has 2 atom stereocenters. The Balaban J connectivity index is 1.51. The number of aryl methyl sites for hydroxylation is 1. The van der Waals surface area contributed by atoms with E-state index in [-0.39, 0.29) is 17.9 Å². The summed E-state index contributed by atoms with van der Waals surface area (Å²) in [7, 11) is 0. The number of carbonyl (C=O) groups excluding carboxylic acids is 1. The highest BCUT2D eigenvalue weighted by atomic mass is 16.2. The van der Waals surface area contributed by atoms with E-state index >= 15 is 0 Å². The number of hydrogen-bond acceptors (Lipinski definition) is 3. The highest BCUT2D eigenvalue weighted by molar-refractivity contribution is 5.81. The lowest BCUT2D eigenvalue weighted by Crippen LogP contribution is -2.44. The van der Waals surface area contributed by atoms with Gasteiger partial charge in [0.25, 0.3) is 0 Å². The van der Waals surface area contributed by atoms with Crippen molar-refractivity contribution >= 4 is 22.9 Å². The first-order chi connectivity index (χ1) is 15.0. The number of carbonyl (C=O) groups is 1. The summed E-state index contributed by atoms with van der Waals surface area (Å²) in [5.74, 6) is 1.77. The predicted molar refractivity (Wildman–Crippen MR) is 127 cm³/mol. The van der Waals surface area contributed by atoms with Gasteiger partial charge in [0.1, 0.15) is 0 Å². The first-order valence-corrected chi connectivity index (χ1v) is 11.6. The molecule has 1 aliphatic rings. The second kappa shape index (κ2) is 9.54. The molecule has 0 saturated carbocycles. The van der Waals surface area contributed by atoms with Crippen LogP contribution in [0, 0.1) is 11.8 Å². The van der Waals surface area contributed by atoms with Crippen LogP contribution in [-0.4, -0.2) is 28.5 Å². The third-order valence-electron chi connectivity index (χ3n) is 6.30. The van der Waals surface area contributed by atoms with Crippen LogP contribution >= 0.6 is 0 Å². The van der Waals surface area contributed by atoms with Gasteiger partial charge in [0.15, 0.2) is 0 Å². The fourth-order valence-electron chi connectivity index (χ4n) is 4.44. The molecule has 1 aromatic heterocycles. The molecule has 0 radical (unpaired) electrons. The van der Waals surface area contributed by atoms with Gasteiger partial charge in [-0.2, -0.15) is 0 Å². The molecular formula is C26H34N4O. The Morgan fingerprint density at radius 1 is 1.10 bits per heavy atom. The van der Waals surface area contributed by atoms with E-state index < -0.39 is 0 Å². The SMILES string of the molecule is CC(C)CCn1c(N2CCC[C@@H](C(=O)N[C@@H](C)c3ccccc3)C2)nc2ccccc21. The van der Waals surface area contributed by atoms with Gasteiger partial charge in [-0.15, -0.1) is 0 Å². The standard InChI is InChI=1S/C26H34N4O/c1-19(2)15-17-30-24-14-8-7-13-23(24)28-26(30)29-16-9-12-22(18-29)25(31)27-20(3)21-10-5-4-6-11-21/h4-8,10-11,13-14,19-20,22H,9,12,15-18H2,1-3H3,(H,27,31)/t20-,22+/m0/s1.